The van der Waals surface area contributed by atoms with Gasteiger partial charge in [0.25, 0.3) is 0 Å². The van der Waals surface area contributed by atoms with Gasteiger partial charge in [-0.15, -0.1) is 63.2 Å². The van der Waals surface area contributed by atoms with Crippen molar-refractivity contribution in [1.82, 2.24) is 0 Å². The van der Waals surface area contributed by atoms with E-state index in [1.165, 1.54) is 59.7 Å². The largest absolute Gasteiger partial charge is 4.00 e. The predicted molar refractivity (Wildman–Crippen MR) is 162 cm³/mol. The second-order valence-electron chi connectivity index (χ2n) is 9.41. The van der Waals surface area contributed by atoms with Crippen molar-refractivity contribution in [3.63, 3.8) is 0 Å². The Bertz CT molecular complexity index is 1840. The average molecular weight is 651 g/mol. The molecule has 7 aromatic carbocycles. The van der Waals surface area contributed by atoms with Gasteiger partial charge in [0, 0.05) is 0 Å². The van der Waals surface area contributed by atoms with Crippen molar-refractivity contribution >= 4 is 45.4 Å². The molecule has 0 amide bonds. The number of hydrogen-bond acceptors (Lipinski definition) is 0. The van der Waals surface area contributed by atoms with Crippen molar-refractivity contribution in [2.24, 2.45) is 0 Å². The number of halogens is 2. The number of fused-ring (bicyclic) bond motifs is 4. The van der Waals surface area contributed by atoms with Crippen LogP contribution in [0.4, 0.5) is 0 Å². The van der Waals surface area contributed by atoms with Crippen molar-refractivity contribution < 1.29 is 51.0 Å². The van der Waals surface area contributed by atoms with Crippen molar-refractivity contribution in [3.05, 3.63) is 152 Å². The van der Waals surface area contributed by atoms with E-state index in [2.05, 4.69) is 152 Å². The van der Waals surface area contributed by atoms with Gasteiger partial charge < -0.3 is 24.8 Å². The molecule has 0 nitrogen and oxygen atoms in total. The summed E-state index contributed by atoms with van der Waals surface area (Å²) in [5.41, 5.74) is 5.38. The first-order valence-corrected chi connectivity index (χ1v) is 14.0. The van der Waals surface area contributed by atoms with Crippen LogP contribution in [-0.2, 0) is 26.2 Å². The fourth-order valence-corrected chi connectivity index (χ4v) is 8.04. The Kier molecular flexibility index (Phi) is 10.00. The second-order valence-corrected chi connectivity index (χ2v) is 11.6. The van der Waals surface area contributed by atoms with Gasteiger partial charge in [-0.1, -0.05) is 108 Å². The first-order valence-electron chi connectivity index (χ1n) is 12.7. The van der Waals surface area contributed by atoms with E-state index in [9.17, 15) is 0 Å². The molecule has 0 fully saturated rings. The smallest absolute Gasteiger partial charge is 1.00 e. The Hall–Kier alpha value is -2.79. The van der Waals surface area contributed by atoms with Gasteiger partial charge in [0.15, 0.2) is 0 Å². The molecule has 2 bridgehead atoms. The maximum Gasteiger partial charge on any atom is 4.00 e. The van der Waals surface area contributed by atoms with E-state index in [0.29, 0.717) is 0 Å². The summed E-state index contributed by atoms with van der Waals surface area (Å²) in [6.07, 6.45) is 0. The van der Waals surface area contributed by atoms with Gasteiger partial charge in [-0.3, -0.25) is 0 Å². The molecular formula is C36H25Cl2PZr. The van der Waals surface area contributed by atoms with E-state index in [0.717, 1.165) is 0 Å². The zero-order chi connectivity index (χ0) is 24.6. The van der Waals surface area contributed by atoms with Crippen LogP contribution in [0.15, 0.2) is 152 Å². The molecule has 0 aliphatic carbocycles. The molecule has 0 spiro atoms. The van der Waals surface area contributed by atoms with Gasteiger partial charge in [0.1, 0.15) is 0 Å². The van der Waals surface area contributed by atoms with Crippen LogP contribution in [0.5, 0.6) is 0 Å². The minimum Gasteiger partial charge on any atom is -1.00 e. The van der Waals surface area contributed by atoms with E-state index in [1.807, 2.05) is 0 Å². The summed E-state index contributed by atoms with van der Waals surface area (Å²) in [5.74, 6) is 0. The molecule has 1 aliphatic heterocycles. The molecule has 1 heterocycles. The Morgan fingerprint density at radius 3 is 1.90 bits per heavy atom. The standard InChI is InChI=1S/C21H14P.C15H11.2ClH.Zr/c1-2-8-16(9-3-1)22-17-13-15-7-6-11-18(20(15)14-17)19-10-4-5-12-21(19)22;1-2-6-12(7-3-1)14-10-4-8-13-9-5-11-15(13)14;;;/h1-14H;1-11H;2*1H;/q2*-1;;;+4/p-2. The zero-order valence-corrected chi connectivity index (χ0v) is 26.5. The third-order valence-electron chi connectivity index (χ3n) is 7.21. The topological polar surface area (TPSA) is 0 Å². The molecule has 40 heavy (non-hydrogen) atoms. The van der Waals surface area contributed by atoms with Gasteiger partial charge in [-0.05, 0) is 29.7 Å². The third kappa shape index (κ3) is 5.55. The molecule has 7 aromatic rings. The van der Waals surface area contributed by atoms with E-state index in [1.54, 1.807) is 0 Å². The average Bonchev–Trinajstić information content (AvgIpc) is 3.59. The monoisotopic (exact) mass is 648 g/mol. The SMILES string of the molecule is [Cl-].[Cl-].[Zr+4].c1ccc(-c2cccc3[cH-]ccc23)cc1.c1ccc(P2c3cc4c(cccc4[cH-]3)-c3ccccc32)cc1. The summed E-state index contributed by atoms with van der Waals surface area (Å²) >= 11 is 0. The summed E-state index contributed by atoms with van der Waals surface area (Å²) in [6, 6.07) is 54.7. The maximum atomic E-state index is 2.41. The quantitative estimate of drug-likeness (QED) is 0.200. The summed E-state index contributed by atoms with van der Waals surface area (Å²) < 4.78 is 0. The third-order valence-corrected chi connectivity index (χ3v) is 9.67. The van der Waals surface area contributed by atoms with Crippen molar-refractivity contribution in [2.45, 2.75) is 0 Å². The van der Waals surface area contributed by atoms with Crippen LogP contribution in [-0.4, -0.2) is 0 Å². The molecule has 0 radical (unpaired) electrons. The zero-order valence-electron chi connectivity index (χ0n) is 21.6. The van der Waals surface area contributed by atoms with Crippen molar-refractivity contribution in [2.75, 3.05) is 0 Å². The summed E-state index contributed by atoms with van der Waals surface area (Å²) in [4.78, 5) is 0. The molecule has 0 aromatic heterocycles. The second kappa shape index (κ2) is 13.3. The van der Waals surface area contributed by atoms with Gasteiger partial charge in [0.05, 0.1) is 0 Å². The van der Waals surface area contributed by atoms with Gasteiger partial charge in [0.2, 0.25) is 0 Å². The van der Waals surface area contributed by atoms with Crippen LogP contribution in [0, 0.1) is 0 Å². The Morgan fingerprint density at radius 2 is 1.12 bits per heavy atom. The minimum atomic E-state index is -0.467. The first-order chi connectivity index (χ1) is 18.4. The Balaban J connectivity index is 0.000000183. The van der Waals surface area contributed by atoms with E-state index in [-0.39, 0.29) is 51.0 Å². The molecule has 0 N–H and O–H groups in total. The normalized spacial score (nSPS) is 12.7. The van der Waals surface area contributed by atoms with Crippen LogP contribution in [0.2, 0.25) is 0 Å². The summed E-state index contributed by atoms with van der Waals surface area (Å²) in [5, 5.41) is 9.78. The van der Waals surface area contributed by atoms with E-state index in [4.69, 9.17) is 0 Å². The van der Waals surface area contributed by atoms with Crippen molar-refractivity contribution in [3.8, 4) is 22.3 Å². The Labute approximate surface area is 268 Å². The fourth-order valence-electron chi connectivity index (χ4n) is 5.52. The van der Waals surface area contributed by atoms with Gasteiger partial charge in [-0.25, -0.2) is 0 Å². The van der Waals surface area contributed by atoms with Crippen LogP contribution in [0.25, 0.3) is 43.8 Å². The molecule has 8 rings (SSSR count). The molecule has 4 heteroatoms. The molecule has 1 atom stereocenters. The van der Waals surface area contributed by atoms with Crippen LogP contribution in [0.1, 0.15) is 0 Å². The minimum absolute atomic E-state index is 0. The van der Waals surface area contributed by atoms with E-state index < -0.39 is 7.92 Å². The van der Waals surface area contributed by atoms with Gasteiger partial charge >= 0.3 is 26.2 Å². The van der Waals surface area contributed by atoms with E-state index >= 15 is 0 Å². The van der Waals surface area contributed by atoms with Crippen LogP contribution in [0.3, 0.4) is 0 Å². The number of benzene rings is 5. The number of rotatable bonds is 2. The van der Waals surface area contributed by atoms with Crippen LogP contribution < -0.4 is 40.7 Å². The molecule has 0 saturated heterocycles. The predicted octanol–water partition coefficient (Wildman–Crippen LogP) is 2.53. The Morgan fingerprint density at radius 1 is 0.500 bits per heavy atom. The fraction of sp³-hybridized carbons (Fsp3) is 0. The molecule has 1 unspecified atom stereocenters. The van der Waals surface area contributed by atoms with Crippen molar-refractivity contribution in [1.29, 1.82) is 0 Å². The van der Waals surface area contributed by atoms with Gasteiger partial charge in [-0.2, -0.15) is 18.2 Å². The summed E-state index contributed by atoms with van der Waals surface area (Å²) in [6.45, 7) is 0. The number of hydrogen-bond donors (Lipinski definition) is 0. The molecule has 0 saturated carbocycles. The molecular weight excluding hydrogens is 626 g/mol. The van der Waals surface area contributed by atoms with Crippen LogP contribution >= 0.6 is 7.92 Å². The maximum absolute atomic E-state index is 2.41. The molecule has 192 valence electrons. The summed E-state index contributed by atoms with van der Waals surface area (Å²) in [7, 11) is -0.467. The first kappa shape index (κ1) is 30.2. The molecule has 1 aliphatic rings.